The van der Waals surface area contributed by atoms with Crippen molar-refractivity contribution in [3.05, 3.63) is 65.9 Å². The molecule has 1 amide bonds. The van der Waals surface area contributed by atoms with E-state index < -0.39 is 0 Å². The zero-order valence-electron chi connectivity index (χ0n) is 15.0. The van der Waals surface area contributed by atoms with Gasteiger partial charge < -0.3 is 10.1 Å². The van der Waals surface area contributed by atoms with Crippen molar-refractivity contribution in [3.8, 4) is 5.75 Å². The quantitative estimate of drug-likeness (QED) is 0.749. The molecule has 0 aliphatic carbocycles. The van der Waals surface area contributed by atoms with Gasteiger partial charge in [-0.3, -0.25) is 9.78 Å². The van der Waals surface area contributed by atoms with E-state index in [0.29, 0.717) is 11.3 Å². The molecule has 0 atom stereocenters. The van der Waals surface area contributed by atoms with Gasteiger partial charge in [0.25, 0.3) is 5.91 Å². The molecule has 1 N–H and O–H groups in total. The van der Waals surface area contributed by atoms with Gasteiger partial charge in [0.2, 0.25) is 0 Å². The Labute approximate surface area is 147 Å². The van der Waals surface area contributed by atoms with E-state index in [1.807, 2.05) is 48.5 Å². The number of hydrogen-bond donors (Lipinski definition) is 1. The Morgan fingerprint density at radius 1 is 1.04 bits per heavy atom. The molecule has 0 unspecified atom stereocenters. The molecule has 0 radical (unpaired) electrons. The fourth-order valence-corrected chi connectivity index (χ4v) is 2.62. The number of aromatic nitrogens is 1. The van der Waals surface area contributed by atoms with Crippen molar-refractivity contribution in [2.75, 3.05) is 12.4 Å². The fraction of sp³-hybridized carbons (Fsp3) is 0.238. The van der Waals surface area contributed by atoms with Crippen molar-refractivity contribution >= 4 is 22.5 Å². The lowest BCUT2D eigenvalue weighted by molar-refractivity contribution is 0.102. The van der Waals surface area contributed by atoms with Gasteiger partial charge in [-0.1, -0.05) is 32.9 Å². The van der Waals surface area contributed by atoms with Crippen LogP contribution in [-0.2, 0) is 5.41 Å². The Kier molecular flexibility index (Phi) is 4.45. The normalized spacial score (nSPS) is 11.4. The van der Waals surface area contributed by atoms with Crippen molar-refractivity contribution in [3.63, 3.8) is 0 Å². The number of nitrogens with zero attached hydrogens (tertiary/aromatic N) is 1. The average Bonchev–Trinajstić information content (AvgIpc) is 2.60. The number of hydrogen-bond acceptors (Lipinski definition) is 3. The summed E-state index contributed by atoms with van der Waals surface area (Å²) in [6.45, 7) is 6.45. The molecule has 2 aromatic carbocycles. The van der Waals surface area contributed by atoms with Gasteiger partial charge in [-0.2, -0.15) is 0 Å². The number of amides is 1. The molecule has 0 saturated heterocycles. The third-order valence-electron chi connectivity index (χ3n) is 4.16. The minimum Gasteiger partial charge on any atom is -0.497 e. The van der Waals surface area contributed by atoms with Gasteiger partial charge in [-0.05, 0) is 41.3 Å². The van der Waals surface area contributed by atoms with Crippen LogP contribution in [0.4, 0.5) is 5.69 Å². The lowest BCUT2D eigenvalue weighted by atomic mass is 9.87. The Bertz CT molecular complexity index is 909. The molecule has 0 bridgehead atoms. The summed E-state index contributed by atoms with van der Waals surface area (Å²) in [7, 11) is 1.63. The molecule has 4 heteroatoms. The van der Waals surface area contributed by atoms with Crippen molar-refractivity contribution in [1.29, 1.82) is 0 Å². The molecule has 1 aromatic heterocycles. The van der Waals surface area contributed by atoms with Crippen molar-refractivity contribution in [2.45, 2.75) is 26.2 Å². The Balaban J connectivity index is 1.79. The van der Waals surface area contributed by atoms with Gasteiger partial charge in [-0.15, -0.1) is 0 Å². The van der Waals surface area contributed by atoms with Crippen LogP contribution < -0.4 is 10.1 Å². The summed E-state index contributed by atoms with van der Waals surface area (Å²) in [5.74, 6) is 0.617. The van der Waals surface area contributed by atoms with E-state index >= 15 is 0 Å². The molecule has 0 spiro atoms. The van der Waals surface area contributed by atoms with E-state index in [1.54, 1.807) is 13.3 Å². The topological polar surface area (TPSA) is 51.2 Å². The van der Waals surface area contributed by atoms with Crippen LogP contribution in [0, 0.1) is 0 Å². The lowest BCUT2D eigenvalue weighted by Gasteiger charge is -2.19. The highest BCUT2D eigenvalue weighted by atomic mass is 16.5. The average molecular weight is 334 g/mol. The number of pyridine rings is 1. The first-order valence-electron chi connectivity index (χ1n) is 8.22. The third-order valence-corrected chi connectivity index (χ3v) is 4.16. The molecule has 0 aliphatic heterocycles. The summed E-state index contributed by atoms with van der Waals surface area (Å²) in [5, 5.41) is 3.85. The standard InChI is InChI=1S/C21H22N2O2/c1-21(2,3)16-8-5-14(6-9-16)20(24)23-17-11-15-7-10-18(25-4)12-19(15)22-13-17/h5-13H,1-4H3,(H,23,24). The van der Waals surface area contributed by atoms with Crippen LogP contribution in [0.1, 0.15) is 36.7 Å². The largest absolute Gasteiger partial charge is 0.497 e. The van der Waals surface area contributed by atoms with Crippen LogP contribution in [0.3, 0.4) is 0 Å². The number of carbonyl (C=O) groups excluding carboxylic acids is 1. The number of fused-ring (bicyclic) bond motifs is 1. The predicted octanol–water partition coefficient (Wildman–Crippen LogP) is 4.79. The summed E-state index contributed by atoms with van der Waals surface area (Å²) in [6, 6.07) is 15.3. The van der Waals surface area contributed by atoms with E-state index in [1.165, 1.54) is 5.56 Å². The second-order valence-corrected chi connectivity index (χ2v) is 7.06. The number of methoxy groups -OCH3 is 1. The maximum absolute atomic E-state index is 12.5. The number of carbonyl (C=O) groups is 1. The van der Waals surface area contributed by atoms with Gasteiger partial charge in [0.05, 0.1) is 24.5 Å². The monoisotopic (exact) mass is 334 g/mol. The molecule has 4 nitrogen and oxygen atoms in total. The van der Waals surface area contributed by atoms with Gasteiger partial charge in [0.1, 0.15) is 5.75 Å². The summed E-state index contributed by atoms with van der Waals surface area (Å²) >= 11 is 0. The molecule has 3 rings (SSSR count). The van der Waals surface area contributed by atoms with Crippen molar-refractivity contribution in [2.24, 2.45) is 0 Å². The summed E-state index contributed by atoms with van der Waals surface area (Å²) < 4.78 is 5.20. The molecular formula is C21H22N2O2. The zero-order chi connectivity index (χ0) is 18.0. The maximum Gasteiger partial charge on any atom is 0.255 e. The smallest absolute Gasteiger partial charge is 0.255 e. The maximum atomic E-state index is 12.5. The van der Waals surface area contributed by atoms with Gasteiger partial charge in [0, 0.05) is 17.0 Å². The second kappa shape index (κ2) is 6.55. The van der Waals surface area contributed by atoms with E-state index in [0.717, 1.165) is 16.7 Å². The Morgan fingerprint density at radius 2 is 1.76 bits per heavy atom. The molecule has 3 aromatic rings. The summed E-state index contributed by atoms with van der Waals surface area (Å²) in [6.07, 6.45) is 1.66. The second-order valence-electron chi connectivity index (χ2n) is 7.06. The highest BCUT2D eigenvalue weighted by Gasteiger charge is 2.14. The molecule has 0 aliphatic rings. The van der Waals surface area contributed by atoms with Crippen LogP contribution in [0.5, 0.6) is 5.75 Å². The van der Waals surface area contributed by atoms with E-state index in [2.05, 4.69) is 31.1 Å². The molecule has 128 valence electrons. The minimum absolute atomic E-state index is 0.0678. The van der Waals surface area contributed by atoms with Crippen LogP contribution in [0.2, 0.25) is 0 Å². The van der Waals surface area contributed by atoms with E-state index in [4.69, 9.17) is 4.74 Å². The van der Waals surface area contributed by atoms with Gasteiger partial charge >= 0.3 is 0 Å². The molecular weight excluding hydrogens is 312 g/mol. The summed E-state index contributed by atoms with van der Waals surface area (Å²) in [5.41, 5.74) is 3.39. The van der Waals surface area contributed by atoms with E-state index in [-0.39, 0.29) is 11.3 Å². The fourth-order valence-electron chi connectivity index (χ4n) is 2.62. The Morgan fingerprint density at radius 3 is 2.40 bits per heavy atom. The highest BCUT2D eigenvalue weighted by molar-refractivity contribution is 6.04. The number of ether oxygens (including phenoxy) is 1. The highest BCUT2D eigenvalue weighted by Crippen LogP contribution is 2.24. The molecule has 0 saturated carbocycles. The Hall–Kier alpha value is -2.88. The van der Waals surface area contributed by atoms with Gasteiger partial charge in [-0.25, -0.2) is 0 Å². The first-order valence-corrected chi connectivity index (χ1v) is 8.22. The zero-order valence-corrected chi connectivity index (χ0v) is 15.0. The number of rotatable bonds is 3. The van der Waals surface area contributed by atoms with Crippen molar-refractivity contribution < 1.29 is 9.53 Å². The number of benzene rings is 2. The van der Waals surface area contributed by atoms with Gasteiger partial charge in [0.15, 0.2) is 0 Å². The van der Waals surface area contributed by atoms with Crippen LogP contribution in [-0.4, -0.2) is 18.0 Å². The SMILES string of the molecule is COc1ccc2cc(NC(=O)c3ccc(C(C)(C)C)cc3)cnc2c1. The van der Waals surface area contributed by atoms with Crippen LogP contribution in [0.15, 0.2) is 54.7 Å². The third kappa shape index (κ3) is 3.79. The molecule has 0 fully saturated rings. The van der Waals surface area contributed by atoms with Crippen molar-refractivity contribution in [1.82, 2.24) is 4.98 Å². The molecule has 25 heavy (non-hydrogen) atoms. The number of nitrogens with one attached hydrogen (secondary N) is 1. The van der Waals surface area contributed by atoms with Crippen LogP contribution in [0.25, 0.3) is 10.9 Å². The summed E-state index contributed by atoms with van der Waals surface area (Å²) in [4.78, 5) is 16.8. The first-order chi connectivity index (χ1) is 11.9. The molecule has 1 heterocycles. The number of anilines is 1. The first kappa shape index (κ1) is 17.0. The van der Waals surface area contributed by atoms with Crippen LogP contribution >= 0.6 is 0 Å². The minimum atomic E-state index is -0.143. The van der Waals surface area contributed by atoms with E-state index in [9.17, 15) is 4.79 Å². The lowest BCUT2D eigenvalue weighted by Crippen LogP contribution is -2.14. The predicted molar refractivity (Wildman–Crippen MR) is 101 cm³/mol.